The molecule has 28 heavy (non-hydrogen) atoms. The average molecular weight is 390 g/mol. The Morgan fingerprint density at radius 2 is 2.07 bits per heavy atom. The van der Waals surface area contributed by atoms with E-state index in [0.29, 0.717) is 26.1 Å². The van der Waals surface area contributed by atoms with Crippen LogP contribution in [0.2, 0.25) is 0 Å². The fourth-order valence-electron chi connectivity index (χ4n) is 4.56. The first-order valence-electron chi connectivity index (χ1n) is 10.00. The molecule has 1 N–H and O–H groups in total. The first kappa shape index (κ1) is 17.8. The average Bonchev–Trinajstić information content (AvgIpc) is 2.95. The molecule has 7 nitrogen and oxygen atoms in total. The number of amides is 1. The molecule has 2 aromatic rings. The molecule has 0 unspecified atom stereocenters. The second-order valence-corrected chi connectivity index (χ2v) is 8.03. The van der Waals surface area contributed by atoms with E-state index in [-0.39, 0.29) is 18.2 Å². The Balaban J connectivity index is 1.37. The minimum absolute atomic E-state index is 0.123. The topological polar surface area (TPSA) is 65.8 Å². The van der Waals surface area contributed by atoms with E-state index in [1.54, 1.807) is 6.20 Å². The fraction of sp³-hybridized carbons (Fsp3) is 0.632. The number of alkyl halides is 2. The molecule has 5 rings (SSSR count). The summed E-state index contributed by atoms with van der Waals surface area (Å²) in [6.45, 7) is 2.85. The largest absolute Gasteiger partial charge is 0.354 e. The number of nitrogens with one attached hydrogen (secondary N) is 1. The van der Waals surface area contributed by atoms with Crippen LogP contribution in [0.25, 0.3) is 5.65 Å². The number of aromatic nitrogens is 3. The molecule has 2 fully saturated rings. The number of hydrogen-bond acceptors (Lipinski definition) is 5. The molecule has 1 amide bonds. The summed E-state index contributed by atoms with van der Waals surface area (Å²) in [5, 5.41) is 7.84. The number of piperidine rings is 1. The first-order chi connectivity index (χ1) is 13.5. The van der Waals surface area contributed by atoms with Crippen LogP contribution in [0.15, 0.2) is 12.3 Å². The van der Waals surface area contributed by atoms with Crippen molar-refractivity contribution >= 4 is 17.4 Å². The Kier molecular flexibility index (Phi) is 4.22. The van der Waals surface area contributed by atoms with Gasteiger partial charge >= 0.3 is 0 Å². The summed E-state index contributed by atoms with van der Waals surface area (Å²) in [6.07, 6.45) is 3.71. The lowest BCUT2D eigenvalue weighted by Crippen LogP contribution is -2.58. The molecule has 0 bridgehead atoms. The summed E-state index contributed by atoms with van der Waals surface area (Å²) in [4.78, 5) is 21.0. The van der Waals surface area contributed by atoms with Gasteiger partial charge in [-0.05, 0) is 19.4 Å². The van der Waals surface area contributed by atoms with E-state index in [4.69, 9.17) is 4.98 Å². The van der Waals surface area contributed by atoms with E-state index < -0.39 is 12.5 Å². The van der Waals surface area contributed by atoms with Gasteiger partial charge in [0, 0.05) is 50.7 Å². The van der Waals surface area contributed by atoms with Gasteiger partial charge in [0.25, 0.3) is 5.92 Å². The van der Waals surface area contributed by atoms with Crippen molar-refractivity contribution in [2.45, 2.75) is 31.6 Å². The number of hydrogen-bond donors (Lipinski definition) is 1. The summed E-state index contributed by atoms with van der Waals surface area (Å²) in [6, 6.07) is 1.89. The molecule has 0 atom stereocenters. The lowest BCUT2D eigenvalue weighted by molar-refractivity contribution is -0.146. The summed E-state index contributed by atoms with van der Waals surface area (Å²) < 4.78 is 29.2. The van der Waals surface area contributed by atoms with Crippen LogP contribution in [0.3, 0.4) is 0 Å². The van der Waals surface area contributed by atoms with Gasteiger partial charge in [-0.1, -0.05) is 0 Å². The van der Waals surface area contributed by atoms with Gasteiger partial charge in [-0.25, -0.2) is 13.8 Å². The van der Waals surface area contributed by atoms with Crippen molar-refractivity contribution in [2.24, 2.45) is 5.92 Å². The standard InChI is InChI=1S/C19H24F2N6O/c20-19(21)5-1-9-25(12-19)18(28)13-10-26(11-13)17-14-2-6-22-7-3-15(14)24-16-4-8-23-27(16)17/h4,8,13,22H,1-3,5-7,9-12H2. The number of nitrogens with zero attached hydrogens (tertiary/aromatic N) is 5. The fourth-order valence-corrected chi connectivity index (χ4v) is 4.56. The van der Waals surface area contributed by atoms with Crippen LogP contribution in [-0.4, -0.2) is 70.6 Å². The molecule has 5 heterocycles. The Labute approximate surface area is 161 Å². The highest BCUT2D eigenvalue weighted by Gasteiger charge is 2.43. The van der Waals surface area contributed by atoms with Crippen LogP contribution in [-0.2, 0) is 17.6 Å². The van der Waals surface area contributed by atoms with Crippen molar-refractivity contribution in [3.05, 3.63) is 23.5 Å². The van der Waals surface area contributed by atoms with Gasteiger partial charge in [0.2, 0.25) is 5.91 Å². The van der Waals surface area contributed by atoms with Crippen molar-refractivity contribution in [2.75, 3.05) is 44.2 Å². The Hall–Kier alpha value is -2.29. The summed E-state index contributed by atoms with van der Waals surface area (Å²) in [5.74, 6) is -2.13. The molecule has 0 saturated carbocycles. The Bertz CT molecular complexity index is 907. The zero-order valence-corrected chi connectivity index (χ0v) is 15.7. The molecular weight excluding hydrogens is 366 g/mol. The van der Waals surface area contributed by atoms with Crippen LogP contribution >= 0.6 is 0 Å². The SMILES string of the molecule is O=C(C1CN(c2c3c(nc4ccnn24)CCNCC3)C1)N1CCCC(F)(F)C1. The van der Waals surface area contributed by atoms with Gasteiger partial charge < -0.3 is 15.1 Å². The smallest absolute Gasteiger partial charge is 0.265 e. The van der Waals surface area contributed by atoms with Crippen LogP contribution in [0.5, 0.6) is 0 Å². The number of fused-ring (bicyclic) bond motifs is 2. The Morgan fingerprint density at radius 1 is 1.25 bits per heavy atom. The van der Waals surface area contributed by atoms with Crippen molar-refractivity contribution in [3.8, 4) is 0 Å². The normalized spacial score (nSPS) is 22.6. The predicted octanol–water partition coefficient (Wildman–Crippen LogP) is 1.11. The van der Waals surface area contributed by atoms with E-state index in [9.17, 15) is 13.6 Å². The minimum Gasteiger partial charge on any atom is -0.354 e. The number of rotatable bonds is 2. The van der Waals surface area contributed by atoms with E-state index in [2.05, 4.69) is 15.3 Å². The van der Waals surface area contributed by atoms with Crippen molar-refractivity contribution in [1.29, 1.82) is 0 Å². The summed E-state index contributed by atoms with van der Waals surface area (Å²) in [5.41, 5.74) is 3.07. The third-order valence-corrected chi connectivity index (χ3v) is 6.02. The highest BCUT2D eigenvalue weighted by atomic mass is 19.3. The van der Waals surface area contributed by atoms with Gasteiger partial charge in [0.05, 0.1) is 24.4 Å². The van der Waals surface area contributed by atoms with E-state index in [1.807, 2.05) is 10.6 Å². The Morgan fingerprint density at radius 3 is 2.89 bits per heavy atom. The maximum absolute atomic E-state index is 13.7. The van der Waals surface area contributed by atoms with E-state index in [0.717, 1.165) is 43.1 Å². The summed E-state index contributed by atoms with van der Waals surface area (Å²) >= 11 is 0. The lowest BCUT2D eigenvalue weighted by atomic mass is 9.95. The van der Waals surface area contributed by atoms with Crippen LogP contribution < -0.4 is 10.2 Å². The molecule has 150 valence electrons. The number of carbonyl (C=O) groups is 1. The van der Waals surface area contributed by atoms with Gasteiger partial charge in [-0.2, -0.15) is 9.61 Å². The second-order valence-electron chi connectivity index (χ2n) is 8.03. The third kappa shape index (κ3) is 3.01. The molecule has 0 aliphatic carbocycles. The van der Waals surface area contributed by atoms with Crippen LogP contribution in [0, 0.1) is 5.92 Å². The highest BCUT2D eigenvalue weighted by molar-refractivity contribution is 5.82. The molecule has 0 radical (unpaired) electrons. The van der Waals surface area contributed by atoms with Crippen LogP contribution in [0.4, 0.5) is 14.6 Å². The molecule has 2 saturated heterocycles. The molecule has 2 aromatic heterocycles. The van der Waals surface area contributed by atoms with Crippen LogP contribution in [0.1, 0.15) is 24.1 Å². The number of anilines is 1. The molecule has 0 spiro atoms. The van der Waals surface area contributed by atoms with E-state index in [1.165, 1.54) is 10.5 Å². The molecule has 9 heteroatoms. The molecule has 0 aromatic carbocycles. The van der Waals surface area contributed by atoms with E-state index >= 15 is 0 Å². The lowest BCUT2D eigenvalue weighted by Gasteiger charge is -2.44. The predicted molar refractivity (Wildman–Crippen MR) is 99.7 cm³/mol. The maximum Gasteiger partial charge on any atom is 0.265 e. The quantitative estimate of drug-likeness (QED) is 0.832. The number of carbonyl (C=O) groups excluding carboxylic acids is 1. The monoisotopic (exact) mass is 390 g/mol. The zero-order chi connectivity index (χ0) is 19.3. The van der Waals surface area contributed by atoms with Crippen molar-refractivity contribution < 1.29 is 13.6 Å². The second kappa shape index (κ2) is 6.65. The number of halogens is 2. The maximum atomic E-state index is 13.7. The van der Waals surface area contributed by atoms with Gasteiger partial charge in [-0.15, -0.1) is 0 Å². The number of likely N-dealkylation sites (tertiary alicyclic amines) is 1. The molecule has 3 aliphatic rings. The minimum atomic E-state index is -2.76. The third-order valence-electron chi connectivity index (χ3n) is 6.02. The van der Waals surface area contributed by atoms with Gasteiger partial charge in [-0.3, -0.25) is 4.79 Å². The molecule has 3 aliphatic heterocycles. The van der Waals surface area contributed by atoms with Crippen molar-refractivity contribution in [3.63, 3.8) is 0 Å². The zero-order valence-electron chi connectivity index (χ0n) is 15.7. The van der Waals surface area contributed by atoms with Gasteiger partial charge in [0.1, 0.15) is 5.82 Å². The highest BCUT2D eigenvalue weighted by Crippen LogP contribution is 2.33. The summed E-state index contributed by atoms with van der Waals surface area (Å²) in [7, 11) is 0. The van der Waals surface area contributed by atoms with Gasteiger partial charge in [0.15, 0.2) is 5.65 Å². The molecular formula is C19H24F2N6O. The van der Waals surface area contributed by atoms with Crippen molar-refractivity contribution in [1.82, 2.24) is 24.8 Å². The first-order valence-corrected chi connectivity index (χ1v) is 10.00.